The minimum Gasteiger partial charge on any atom is -0.480 e. The Kier molecular flexibility index (Phi) is 7.89. The lowest BCUT2D eigenvalue weighted by molar-refractivity contribution is -0.385. The van der Waals surface area contributed by atoms with Crippen LogP contribution in [0.3, 0.4) is 0 Å². The number of aliphatic carboxylic acids is 1. The van der Waals surface area contributed by atoms with Gasteiger partial charge in [0.15, 0.2) is 0 Å². The van der Waals surface area contributed by atoms with Crippen molar-refractivity contribution in [2.75, 3.05) is 6.54 Å². The molecule has 9 nitrogen and oxygen atoms in total. The molecular formula is C18H25N3O6. The van der Waals surface area contributed by atoms with Crippen molar-refractivity contribution in [3.8, 4) is 0 Å². The summed E-state index contributed by atoms with van der Waals surface area (Å²) >= 11 is 0. The number of amides is 2. The SMILES string of the molecule is CC(C)C[C@H](NC(=O)CNC(=O)c1ccc(C(C)C)c([N+](=O)[O-])c1)C(=O)O. The van der Waals surface area contributed by atoms with E-state index >= 15 is 0 Å². The maximum atomic E-state index is 12.2. The fourth-order valence-corrected chi connectivity index (χ4v) is 2.53. The number of benzene rings is 1. The van der Waals surface area contributed by atoms with E-state index in [1.54, 1.807) is 0 Å². The van der Waals surface area contributed by atoms with Gasteiger partial charge in [0.1, 0.15) is 6.04 Å². The molecule has 0 aromatic heterocycles. The van der Waals surface area contributed by atoms with E-state index in [1.165, 1.54) is 18.2 Å². The van der Waals surface area contributed by atoms with E-state index in [-0.39, 0.29) is 29.5 Å². The Labute approximate surface area is 157 Å². The zero-order valence-electron chi connectivity index (χ0n) is 15.8. The van der Waals surface area contributed by atoms with Gasteiger partial charge in [-0.3, -0.25) is 19.7 Å². The van der Waals surface area contributed by atoms with Crippen LogP contribution in [0, 0.1) is 16.0 Å². The number of nitrogens with zero attached hydrogens (tertiary/aromatic N) is 1. The molecule has 0 spiro atoms. The van der Waals surface area contributed by atoms with Gasteiger partial charge in [-0.15, -0.1) is 0 Å². The summed E-state index contributed by atoms with van der Waals surface area (Å²) in [6, 6.07) is 3.09. The van der Waals surface area contributed by atoms with Gasteiger partial charge in [0.25, 0.3) is 11.6 Å². The Morgan fingerprint density at radius 2 is 1.81 bits per heavy atom. The Morgan fingerprint density at radius 1 is 1.19 bits per heavy atom. The van der Waals surface area contributed by atoms with Crippen LogP contribution in [-0.4, -0.2) is 40.4 Å². The molecule has 0 aliphatic rings. The summed E-state index contributed by atoms with van der Waals surface area (Å²) in [5.74, 6) is -2.46. The summed E-state index contributed by atoms with van der Waals surface area (Å²) < 4.78 is 0. The van der Waals surface area contributed by atoms with Crippen LogP contribution in [0.1, 0.15) is 56.0 Å². The van der Waals surface area contributed by atoms with E-state index in [4.69, 9.17) is 5.11 Å². The van der Waals surface area contributed by atoms with Crippen molar-refractivity contribution in [3.05, 3.63) is 39.4 Å². The number of nitrogens with one attached hydrogen (secondary N) is 2. The molecule has 27 heavy (non-hydrogen) atoms. The molecule has 0 saturated carbocycles. The second-order valence-electron chi connectivity index (χ2n) is 6.96. The van der Waals surface area contributed by atoms with E-state index in [9.17, 15) is 24.5 Å². The summed E-state index contributed by atoms with van der Waals surface area (Å²) in [4.78, 5) is 45.9. The number of carbonyl (C=O) groups excluding carboxylic acids is 2. The third-order valence-corrected chi connectivity index (χ3v) is 3.86. The topological polar surface area (TPSA) is 139 Å². The van der Waals surface area contributed by atoms with Gasteiger partial charge in [-0.05, 0) is 24.3 Å². The van der Waals surface area contributed by atoms with E-state index in [0.717, 1.165) is 0 Å². The van der Waals surface area contributed by atoms with Crippen LogP contribution in [0.4, 0.5) is 5.69 Å². The van der Waals surface area contributed by atoms with Gasteiger partial charge in [0, 0.05) is 17.2 Å². The first-order valence-corrected chi connectivity index (χ1v) is 8.61. The summed E-state index contributed by atoms with van der Waals surface area (Å²) in [6.07, 6.45) is 0.262. The number of hydrogen-bond acceptors (Lipinski definition) is 5. The Bertz CT molecular complexity index is 730. The highest BCUT2D eigenvalue weighted by Crippen LogP contribution is 2.27. The maximum Gasteiger partial charge on any atom is 0.326 e. The third kappa shape index (κ3) is 6.69. The monoisotopic (exact) mass is 379 g/mol. The number of carboxylic acids is 1. The largest absolute Gasteiger partial charge is 0.480 e. The summed E-state index contributed by atoms with van der Waals surface area (Å²) in [6.45, 7) is 6.85. The molecule has 0 aliphatic carbocycles. The minimum atomic E-state index is -1.15. The number of nitro groups is 1. The quantitative estimate of drug-likeness (QED) is 0.443. The second kappa shape index (κ2) is 9.65. The molecule has 0 radical (unpaired) electrons. The van der Waals surface area contributed by atoms with Crippen LogP contribution >= 0.6 is 0 Å². The first kappa shape index (κ1) is 22.1. The van der Waals surface area contributed by atoms with Crippen molar-refractivity contribution >= 4 is 23.5 Å². The van der Waals surface area contributed by atoms with Crippen molar-refractivity contribution < 1.29 is 24.4 Å². The number of nitro benzene ring substituents is 1. The molecule has 0 saturated heterocycles. The molecule has 0 aliphatic heterocycles. The molecule has 0 fully saturated rings. The zero-order valence-corrected chi connectivity index (χ0v) is 15.8. The average Bonchev–Trinajstić information content (AvgIpc) is 2.57. The predicted octanol–water partition coefficient (Wildman–Crippen LogP) is 2.06. The maximum absolute atomic E-state index is 12.2. The predicted molar refractivity (Wildman–Crippen MR) is 98.5 cm³/mol. The van der Waals surface area contributed by atoms with Crippen LogP contribution in [0.2, 0.25) is 0 Å². The fourth-order valence-electron chi connectivity index (χ4n) is 2.53. The van der Waals surface area contributed by atoms with Crippen molar-refractivity contribution in [2.24, 2.45) is 5.92 Å². The molecule has 0 unspecified atom stereocenters. The lowest BCUT2D eigenvalue weighted by atomic mass is 9.99. The smallest absolute Gasteiger partial charge is 0.326 e. The standard InChI is InChI=1S/C18H25N3O6/c1-10(2)7-14(18(24)25)20-16(22)9-19-17(23)12-5-6-13(11(3)4)15(8-12)21(26)27/h5-6,8,10-11,14H,7,9H2,1-4H3,(H,19,23)(H,20,22)(H,24,25)/t14-/m0/s1. The van der Waals surface area contributed by atoms with Crippen molar-refractivity contribution in [2.45, 2.75) is 46.1 Å². The van der Waals surface area contributed by atoms with Crippen LogP contribution < -0.4 is 10.6 Å². The number of carboxylic acid groups (broad SMARTS) is 1. The Balaban J connectivity index is 2.76. The van der Waals surface area contributed by atoms with Crippen molar-refractivity contribution in [1.29, 1.82) is 0 Å². The van der Waals surface area contributed by atoms with Gasteiger partial charge in [-0.25, -0.2) is 4.79 Å². The average molecular weight is 379 g/mol. The van der Waals surface area contributed by atoms with Crippen LogP contribution in [-0.2, 0) is 9.59 Å². The molecule has 9 heteroatoms. The number of hydrogen-bond donors (Lipinski definition) is 3. The minimum absolute atomic E-state index is 0.0517. The molecule has 2 amide bonds. The molecule has 0 heterocycles. The van der Waals surface area contributed by atoms with Gasteiger partial charge in [0.05, 0.1) is 11.5 Å². The molecule has 1 atom stereocenters. The van der Waals surface area contributed by atoms with Gasteiger partial charge in [-0.1, -0.05) is 33.8 Å². The first-order chi connectivity index (χ1) is 12.5. The van der Waals surface area contributed by atoms with E-state index in [0.29, 0.717) is 5.56 Å². The van der Waals surface area contributed by atoms with Gasteiger partial charge < -0.3 is 15.7 Å². The molecule has 148 valence electrons. The Hall–Kier alpha value is -2.97. The highest BCUT2D eigenvalue weighted by atomic mass is 16.6. The highest BCUT2D eigenvalue weighted by Gasteiger charge is 2.22. The lowest BCUT2D eigenvalue weighted by Crippen LogP contribution is -2.46. The summed E-state index contributed by atoms with van der Waals surface area (Å²) in [5, 5.41) is 25.0. The Morgan fingerprint density at radius 3 is 2.30 bits per heavy atom. The van der Waals surface area contributed by atoms with Gasteiger partial charge in [-0.2, -0.15) is 0 Å². The van der Waals surface area contributed by atoms with Crippen molar-refractivity contribution in [1.82, 2.24) is 10.6 Å². The zero-order chi connectivity index (χ0) is 20.7. The van der Waals surface area contributed by atoms with Crippen molar-refractivity contribution in [3.63, 3.8) is 0 Å². The molecular weight excluding hydrogens is 354 g/mol. The fraction of sp³-hybridized carbons (Fsp3) is 0.500. The summed E-state index contributed by atoms with van der Waals surface area (Å²) in [5.41, 5.74) is 0.396. The van der Waals surface area contributed by atoms with Gasteiger partial charge >= 0.3 is 5.97 Å². The molecule has 1 aromatic rings. The molecule has 0 bridgehead atoms. The molecule has 3 N–H and O–H groups in total. The third-order valence-electron chi connectivity index (χ3n) is 3.86. The van der Waals surface area contributed by atoms with Gasteiger partial charge in [0.2, 0.25) is 5.91 Å². The van der Waals surface area contributed by atoms with Crippen LogP contribution in [0.5, 0.6) is 0 Å². The normalized spacial score (nSPS) is 11.9. The lowest BCUT2D eigenvalue weighted by Gasteiger charge is -2.16. The van der Waals surface area contributed by atoms with Crippen LogP contribution in [0.15, 0.2) is 18.2 Å². The highest BCUT2D eigenvalue weighted by molar-refractivity contribution is 5.97. The molecule has 1 aromatic carbocycles. The number of rotatable bonds is 9. The second-order valence-corrected chi connectivity index (χ2v) is 6.96. The van der Waals surface area contributed by atoms with E-state index < -0.39 is 35.3 Å². The first-order valence-electron chi connectivity index (χ1n) is 8.61. The summed E-state index contributed by atoms with van der Waals surface area (Å²) in [7, 11) is 0. The number of carbonyl (C=O) groups is 3. The van der Waals surface area contributed by atoms with Crippen LogP contribution in [0.25, 0.3) is 0 Å². The molecule has 1 rings (SSSR count). The van der Waals surface area contributed by atoms with E-state index in [2.05, 4.69) is 10.6 Å². The van der Waals surface area contributed by atoms with E-state index in [1.807, 2.05) is 27.7 Å².